The normalized spacial score (nSPS) is 13.2. The highest BCUT2D eigenvalue weighted by Gasteiger charge is 2.32. The summed E-state index contributed by atoms with van der Waals surface area (Å²) >= 11 is 0. The van der Waals surface area contributed by atoms with E-state index < -0.39 is 11.6 Å². The fourth-order valence-corrected chi connectivity index (χ4v) is 4.47. The number of hydrogen-bond acceptors (Lipinski definition) is 4. The minimum Gasteiger partial charge on any atom is -0.454 e. The van der Waals surface area contributed by atoms with Gasteiger partial charge in [-0.05, 0) is 68.5 Å². The molecule has 2 amide bonds. The van der Waals surface area contributed by atoms with E-state index in [1.807, 2.05) is 100 Å². The molecule has 37 heavy (non-hydrogen) atoms. The molecule has 1 aliphatic rings. The summed E-state index contributed by atoms with van der Waals surface area (Å²) in [6.07, 6.45) is 1.25. The number of carbonyl (C=O) groups is 2. The van der Waals surface area contributed by atoms with Crippen LogP contribution in [0.2, 0.25) is 0 Å². The Morgan fingerprint density at radius 2 is 1.62 bits per heavy atom. The lowest BCUT2D eigenvalue weighted by Gasteiger charge is -2.34. The van der Waals surface area contributed by atoms with Gasteiger partial charge in [0.1, 0.15) is 6.04 Å². The van der Waals surface area contributed by atoms with Crippen molar-refractivity contribution in [3.63, 3.8) is 0 Å². The van der Waals surface area contributed by atoms with Gasteiger partial charge in [-0.2, -0.15) is 0 Å². The molecule has 0 fully saturated rings. The summed E-state index contributed by atoms with van der Waals surface area (Å²) in [5.74, 6) is 1.21. The first-order valence-corrected chi connectivity index (χ1v) is 12.8. The van der Waals surface area contributed by atoms with Crippen LogP contribution >= 0.6 is 0 Å². The van der Waals surface area contributed by atoms with Gasteiger partial charge in [-0.25, -0.2) is 0 Å². The molecule has 0 saturated heterocycles. The van der Waals surface area contributed by atoms with Crippen molar-refractivity contribution in [3.8, 4) is 11.5 Å². The Kier molecular flexibility index (Phi) is 8.17. The fourth-order valence-electron chi connectivity index (χ4n) is 4.47. The van der Waals surface area contributed by atoms with Crippen LogP contribution in [0.15, 0.2) is 72.8 Å². The molecule has 0 aliphatic carbocycles. The summed E-state index contributed by atoms with van der Waals surface area (Å²) in [5.41, 5.74) is 3.70. The van der Waals surface area contributed by atoms with Crippen LogP contribution in [0.5, 0.6) is 11.5 Å². The Morgan fingerprint density at radius 1 is 0.919 bits per heavy atom. The van der Waals surface area contributed by atoms with E-state index in [1.165, 1.54) is 0 Å². The van der Waals surface area contributed by atoms with Crippen molar-refractivity contribution >= 4 is 11.8 Å². The van der Waals surface area contributed by atoms with E-state index in [2.05, 4.69) is 5.32 Å². The molecule has 0 saturated carbocycles. The molecule has 0 radical (unpaired) electrons. The summed E-state index contributed by atoms with van der Waals surface area (Å²) in [7, 11) is 0. The number of fused-ring (bicyclic) bond motifs is 1. The van der Waals surface area contributed by atoms with E-state index in [0.717, 1.165) is 28.0 Å². The summed E-state index contributed by atoms with van der Waals surface area (Å²) in [6.45, 7) is 8.48. The predicted molar refractivity (Wildman–Crippen MR) is 144 cm³/mol. The topological polar surface area (TPSA) is 67.9 Å². The highest BCUT2D eigenvalue weighted by atomic mass is 16.7. The maximum Gasteiger partial charge on any atom is 0.243 e. The van der Waals surface area contributed by atoms with E-state index in [9.17, 15) is 9.59 Å². The Labute approximate surface area is 219 Å². The number of benzene rings is 3. The smallest absolute Gasteiger partial charge is 0.243 e. The van der Waals surface area contributed by atoms with E-state index >= 15 is 0 Å². The van der Waals surface area contributed by atoms with Gasteiger partial charge in [-0.15, -0.1) is 0 Å². The van der Waals surface area contributed by atoms with Crippen molar-refractivity contribution in [1.29, 1.82) is 0 Å². The molecule has 0 bridgehead atoms. The van der Waals surface area contributed by atoms with Gasteiger partial charge < -0.3 is 19.7 Å². The second-order valence-electron chi connectivity index (χ2n) is 10.6. The molecule has 4 rings (SSSR count). The van der Waals surface area contributed by atoms with E-state index in [1.54, 1.807) is 4.90 Å². The molecule has 3 aromatic rings. The van der Waals surface area contributed by atoms with Gasteiger partial charge in [0.2, 0.25) is 18.6 Å². The van der Waals surface area contributed by atoms with Crippen LogP contribution < -0.4 is 14.8 Å². The van der Waals surface area contributed by atoms with E-state index in [-0.39, 0.29) is 25.0 Å². The highest BCUT2D eigenvalue weighted by Crippen LogP contribution is 2.33. The highest BCUT2D eigenvalue weighted by molar-refractivity contribution is 5.88. The Bertz CT molecular complexity index is 1230. The number of rotatable bonds is 9. The van der Waals surface area contributed by atoms with Crippen molar-refractivity contribution < 1.29 is 19.1 Å². The zero-order valence-corrected chi connectivity index (χ0v) is 22.1. The van der Waals surface area contributed by atoms with Gasteiger partial charge in [-0.1, -0.05) is 60.7 Å². The summed E-state index contributed by atoms with van der Waals surface area (Å²) in [5, 5.41) is 3.11. The van der Waals surface area contributed by atoms with E-state index in [0.29, 0.717) is 25.1 Å². The maximum absolute atomic E-state index is 13.9. The summed E-state index contributed by atoms with van der Waals surface area (Å²) < 4.78 is 10.9. The minimum atomic E-state index is -0.648. The largest absolute Gasteiger partial charge is 0.454 e. The van der Waals surface area contributed by atoms with Gasteiger partial charge in [0, 0.05) is 24.9 Å². The van der Waals surface area contributed by atoms with Crippen molar-refractivity contribution in [2.45, 2.75) is 65.1 Å². The monoisotopic (exact) mass is 500 g/mol. The third kappa shape index (κ3) is 7.13. The molecule has 6 heteroatoms. The summed E-state index contributed by atoms with van der Waals surface area (Å²) in [6, 6.07) is 23.0. The quantitative estimate of drug-likeness (QED) is 0.438. The number of aryl methyl sites for hydroxylation is 2. The molecule has 0 aromatic heterocycles. The third-order valence-electron chi connectivity index (χ3n) is 6.44. The number of amides is 2. The number of ether oxygens (including phenoxy) is 2. The van der Waals surface area contributed by atoms with Crippen LogP contribution in [0, 0.1) is 6.92 Å². The van der Waals surface area contributed by atoms with Crippen LogP contribution in [-0.2, 0) is 29.0 Å². The lowest BCUT2D eigenvalue weighted by Crippen LogP contribution is -2.54. The van der Waals surface area contributed by atoms with Gasteiger partial charge in [0.15, 0.2) is 11.5 Å². The number of nitrogens with one attached hydrogen (secondary N) is 1. The van der Waals surface area contributed by atoms with E-state index in [4.69, 9.17) is 9.47 Å². The fraction of sp³-hybridized carbons (Fsp3) is 0.355. The Hall–Kier alpha value is -3.80. The van der Waals surface area contributed by atoms with Crippen molar-refractivity contribution in [2.24, 2.45) is 0 Å². The SMILES string of the molecule is Cc1ccccc1CN(C(=O)CCc1ccc2c(c1)OCO2)[C@H](Cc1ccccc1)C(=O)NC(C)(C)C. The zero-order valence-electron chi connectivity index (χ0n) is 22.1. The second-order valence-corrected chi connectivity index (χ2v) is 10.6. The predicted octanol–water partition coefficient (Wildman–Crippen LogP) is 5.21. The third-order valence-corrected chi connectivity index (χ3v) is 6.44. The van der Waals surface area contributed by atoms with Crippen molar-refractivity contribution in [3.05, 3.63) is 95.1 Å². The van der Waals surface area contributed by atoms with Crippen LogP contribution in [-0.4, -0.2) is 35.1 Å². The van der Waals surface area contributed by atoms with Crippen molar-refractivity contribution in [1.82, 2.24) is 10.2 Å². The Morgan fingerprint density at radius 3 is 2.35 bits per heavy atom. The first-order valence-electron chi connectivity index (χ1n) is 12.8. The lowest BCUT2D eigenvalue weighted by atomic mass is 9.99. The molecule has 1 aliphatic heterocycles. The van der Waals surface area contributed by atoms with Gasteiger partial charge in [-0.3, -0.25) is 9.59 Å². The van der Waals surface area contributed by atoms with Crippen LogP contribution in [0.1, 0.15) is 49.4 Å². The lowest BCUT2D eigenvalue weighted by molar-refractivity contribution is -0.141. The standard InChI is InChI=1S/C31H36N2O4/c1-22-10-8-9-13-25(22)20-33(29(34)17-15-24-14-16-27-28(19-24)37-21-36-27)26(30(35)32-31(2,3)4)18-23-11-6-5-7-12-23/h5-14,16,19,26H,15,17-18,20-21H2,1-4H3,(H,32,35)/t26-/m1/s1. The first-order chi connectivity index (χ1) is 17.7. The first kappa shape index (κ1) is 26.3. The molecule has 1 N–H and O–H groups in total. The molecule has 1 atom stereocenters. The van der Waals surface area contributed by atoms with Crippen LogP contribution in [0.4, 0.5) is 0 Å². The Balaban J connectivity index is 1.62. The second kappa shape index (κ2) is 11.5. The molecule has 3 aromatic carbocycles. The molecule has 0 spiro atoms. The molecule has 194 valence electrons. The zero-order chi connectivity index (χ0) is 26.4. The van der Waals surface area contributed by atoms with Gasteiger partial charge >= 0.3 is 0 Å². The van der Waals surface area contributed by atoms with Gasteiger partial charge in [0.05, 0.1) is 0 Å². The molecular weight excluding hydrogens is 464 g/mol. The molecule has 6 nitrogen and oxygen atoms in total. The van der Waals surface area contributed by atoms with Crippen molar-refractivity contribution in [2.75, 3.05) is 6.79 Å². The molecule has 1 heterocycles. The number of carbonyl (C=O) groups excluding carboxylic acids is 2. The average molecular weight is 501 g/mol. The average Bonchev–Trinajstić information content (AvgIpc) is 3.33. The maximum atomic E-state index is 13.9. The number of hydrogen-bond donors (Lipinski definition) is 1. The molecule has 0 unspecified atom stereocenters. The van der Waals surface area contributed by atoms with Gasteiger partial charge in [0.25, 0.3) is 0 Å². The van der Waals surface area contributed by atoms with Crippen LogP contribution in [0.3, 0.4) is 0 Å². The number of nitrogens with zero attached hydrogens (tertiary/aromatic N) is 1. The molecular formula is C31H36N2O4. The summed E-state index contributed by atoms with van der Waals surface area (Å²) in [4.78, 5) is 29.3. The van der Waals surface area contributed by atoms with Crippen LogP contribution in [0.25, 0.3) is 0 Å². The minimum absolute atomic E-state index is 0.0640.